The summed E-state index contributed by atoms with van der Waals surface area (Å²) in [6.45, 7) is 6.55. The second-order valence-electron chi connectivity index (χ2n) is 6.88. The fraction of sp³-hybridized carbons (Fsp3) is 0.300. The van der Waals surface area contributed by atoms with Crippen molar-refractivity contribution >= 4 is 39.4 Å². The Kier molecular flexibility index (Phi) is 6.84. The SMILES string of the molecule is CC(C)(C)c1ccc(C(=O)NCCC(=O)Oc2ccc(Cl)cc2Br)cc1. The van der Waals surface area contributed by atoms with Crippen LogP contribution in [0.2, 0.25) is 5.02 Å². The second-order valence-corrected chi connectivity index (χ2v) is 8.17. The standard InChI is InChI=1S/C20H21BrClNO3/c1-20(2,3)14-6-4-13(5-7-14)19(25)23-11-10-18(24)26-17-9-8-15(22)12-16(17)21/h4-9,12H,10-11H2,1-3H3,(H,23,25). The normalized spacial score (nSPS) is 11.1. The van der Waals surface area contributed by atoms with Crippen LogP contribution >= 0.6 is 27.5 Å². The summed E-state index contributed by atoms with van der Waals surface area (Å²) in [6, 6.07) is 12.4. The molecule has 0 saturated carbocycles. The third kappa shape index (κ3) is 5.85. The summed E-state index contributed by atoms with van der Waals surface area (Å²) < 4.78 is 5.84. The van der Waals surface area contributed by atoms with Gasteiger partial charge in [0.1, 0.15) is 5.75 Å². The second kappa shape index (κ2) is 8.69. The van der Waals surface area contributed by atoms with Crippen LogP contribution in [0, 0.1) is 0 Å². The number of nitrogens with one attached hydrogen (secondary N) is 1. The maximum atomic E-state index is 12.2. The average molecular weight is 439 g/mol. The molecular weight excluding hydrogens is 418 g/mol. The van der Waals surface area contributed by atoms with Gasteiger partial charge in [0.2, 0.25) is 0 Å². The lowest BCUT2D eigenvalue weighted by atomic mass is 9.87. The molecule has 2 aromatic carbocycles. The number of esters is 1. The Bertz CT molecular complexity index is 798. The van der Waals surface area contributed by atoms with Gasteiger partial charge in [0, 0.05) is 17.1 Å². The summed E-state index contributed by atoms with van der Waals surface area (Å²) in [5.74, 6) is -0.258. The predicted octanol–water partition coefficient (Wildman–Crippen LogP) is 5.13. The smallest absolute Gasteiger partial charge is 0.313 e. The van der Waals surface area contributed by atoms with Crippen molar-refractivity contribution in [2.45, 2.75) is 32.6 Å². The van der Waals surface area contributed by atoms with E-state index >= 15 is 0 Å². The van der Waals surface area contributed by atoms with Crippen LogP contribution in [-0.2, 0) is 10.2 Å². The molecule has 0 spiro atoms. The zero-order valence-corrected chi connectivity index (χ0v) is 17.3. The number of rotatable bonds is 5. The first-order chi connectivity index (χ1) is 12.2. The summed E-state index contributed by atoms with van der Waals surface area (Å²) in [5.41, 5.74) is 1.76. The Morgan fingerprint density at radius 2 is 1.77 bits per heavy atom. The maximum Gasteiger partial charge on any atom is 0.313 e. The molecular formula is C20H21BrClNO3. The molecule has 4 nitrogen and oxygen atoms in total. The largest absolute Gasteiger partial charge is 0.425 e. The molecule has 138 valence electrons. The number of halogens is 2. The first-order valence-electron chi connectivity index (χ1n) is 8.21. The predicted molar refractivity (Wildman–Crippen MR) is 107 cm³/mol. The Morgan fingerprint density at radius 3 is 2.35 bits per heavy atom. The number of hydrogen-bond donors (Lipinski definition) is 1. The van der Waals surface area contributed by atoms with Crippen molar-refractivity contribution in [2.24, 2.45) is 0 Å². The molecule has 2 aromatic rings. The first kappa shape index (κ1) is 20.5. The molecule has 0 saturated heterocycles. The highest BCUT2D eigenvalue weighted by Crippen LogP contribution is 2.28. The van der Waals surface area contributed by atoms with Crippen LogP contribution in [0.1, 0.15) is 43.1 Å². The highest BCUT2D eigenvalue weighted by molar-refractivity contribution is 9.10. The summed E-state index contributed by atoms with van der Waals surface area (Å²) in [6.07, 6.45) is 0.0703. The molecule has 0 atom stereocenters. The quantitative estimate of drug-likeness (QED) is 0.520. The zero-order valence-electron chi connectivity index (χ0n) is 14.9. The molecule has 0 bridgehead atoms. The molecule has 0 aliphatic heterocycles. The van der Waals surface area contributed by atoms with E-state index in [1.165, 1.54) is 0 Å². The van der Waals surface area contributed by atoms with Crippen molar-refractivity contribution in [3.63, 3.8) is 0 Å². The third-order valence-electron chi connectivity index (χ3n) is 3.75. The minimum Gasteiger partial charge on any atom is -0.425 e. The van der Waals surface area contributed by atoms with E-state index in [1.807, 2.05) is 12.1 Å². The fourth-order valence-corrected chi connectivity index (χ4v) is 3.00. The lowest BCUT2D eigenvalue weighted by molar-refractivity contribution is -0.134. The number of carbonyl (C=O) groups excluding carboxylic acids is 2. The highest BCUT2D eigenvalue weighted by atomic mass is 79.9. The molecule has 26 heavy (non-hydrogen) atoms. The Balaban J connectivity index is 1.83. The number of amides is 1. The molecule has 0 radical (unpaired) electrons. The van der Waals surface area contributed by atoms with Crippen molar-refractivity contribution in [2.75, 3.05) is 6.54 Å². The Hall–Kier alpha value is -1.85. The Labute approximate surface area is 167 Å². The lowest BCUT2D eigenvalue weighted by Crippen LogP contribution is -2.27. The topological polar surface area (TPSA) is 55.4 Å². The van der Waals surface area contributed by atoms with Crippen LogP contribution in [0.15, 0.2) is 46.9 Å². The summed E-state index contributed by atoms with van der Waals surface area (Å²) in [5, 5.41) is 3.27. The van der Waals surface area contributed by atoms with Crippen LogP contribution in [0.5, 0.6) is 5.75 Å². The van der Waals surface area contributed by atoms with Crippen LogP contribution in [-0.4, -0.2) is 18.4 Å². The average Bonchev–Trinajstić information content (AvgIpc) is 2.56. The molecule has 0 unspecified atom stereocenters. The Morgan fingerprint density at radius 1 is 1.12 bits per heavy atom. The molecule has 1 amide bonds. The molecule has 0 aliphatic carbocycles. The number of ether oxygens (including phenoxy) is 1. The number of hydrogen-bond acceptors (Lipinski definition) is 3. The van der Waals surface area contributed by atoms with Gasteiger partial charge < -0.3 is 10.1 Å². The minimum atomic E-state index is -0.434. The van der Waals surface area contributed by atoms with E-state index in [-0.39, 0.29) is 24.3 Å². The monoisotopic (exact) mass is 437 g/mol. The maximum absolute atomic E-state index is 12.2. The van der Waals surface area contributed by atoms with Crippen LogP contribution in [0.4, 0.5) is 0 Å². The molecule has 2 rings (SSSR count). The van der Waals surface area contributed by atoms with Gasteiger partial charge in [-0.2, -0.15) is 0 Å². The third-order valence-corrected chi connectivity index (χ3v) is 4.60. The molecule has 6 heteroatoms. The lowest BCUT2D eigenvalue weighted by Gasteiger charge is -2.19. The number of benzene rings is 2. The molecule has 1 N–H and O–H groups in total. The highest BCUT2D eigenvalue weighted by Gasteiger charge is 2.14. The fourth-order valence-electron chi connectivity index (χ4n) is 2.23. The van der Waals surface area contributed by atoms with Gasteiger partial charge in [-0.25, -0.2) is 0 Å². The molecule has 0 aliphatic rings. The van der Waals surface area contributed by atoms with Crippen LogP contribution < -0.4 is 10.1 Å². The van der Waals surface area contributed by atoms with E-state index in [1.54, 1.807) is 30.3 Å². The van der Waals surface area contributed by atoms with Gasteiger partial charge in [0.15, 0.2) is 0 Å². The van der Waals surface area contributed by atoms with E-state index in [4.69, 9.17) is 16.3 Å². The summed E-state index contributed by atoms with van der Waals surface area (Å²) in [4.78, 5) is 24.0. The van der Waals surface area contributed by atoms with E-state index in [0.717, 1.165) is 5.56 Å². The van der Waals surface area contributed by atoms with Gasteiger partial charge >= 0.3 is 5.97 Å². The van der Waals surface area contributed by atoms with Gasteiger partial charge in [0.05, 0.1) is 10.9 Å². The first-order valence-corrected chi connectivity index (χ1v) is 9.38. The van der Waals surface area contributed by atoms with E-state index in [9.17, 15) is 9.59 Å². The van der Waals surface area contributed by atoms with E-state index in [0.29, 0.717) is 20.8 Å². The zero-order chi connectivity index (χ0) is 19.3. The molecule has 0 heterocycles. The molecule has 0 fully saturated rings. The van der Waals surface area contributed by atoms with Gasteiger partial charge in [0.25, 0.3) is 5.91 Å². The van der Waals surface area contributed by atoms with Crippen LogP contribution in [0.3, 0.4) is 0 Å². The minimum absolute atomic E-state index is 0.0364. The van der Waals surface area contributed by atoms with Crippen molar-refractivity contribution in [1.29, 1.82) is 0 Å². The van der Waals surface area contributed by atoms with Gasteiger partial charge in [-0.3, -0.25) is 9.59 Å². The van der Waals surface area contributed by atoms with Crippen molar-refractivity contribution in [3.05, 3.63) is 63.1 Å². The van der Waals surface area contributed by atoms with Gasteiger partial charge in [-0.05, 0) is 57.2 Å². The van der Waals surface area contributed by atoms with Crippen LogP contribution in [0.25, 0.3) is 0 Å². The van der Waals surface area contributed by atoms with Crippen molar-refractivity contribution in [1.82, 2.24) is 5.32 Å². The van der Waals surface area contributed by atoms with Crippen molar-refractivity contribution < 1.29 is 14.3 Å². The summed E-state index contributed by atoms with van der Waals surface area (Å²) >= 11 is 9.13. The van der Waals surface area contributed by atoms with E-state index in [2.05, 4.69) is 42.0 Å². The van der Waals surface area contributed by atoms with Gasteiger partial charge in [-0.1, -0.05) is 44.5 Å². The van der Waals surface area contributed by atoms with Crippen molar-refractivity contribution in [3.8, 4) is 5.75 Å². The summed E-state index contributed by atoms with van der Waals surface area (Å²) in [7, 11) is 0. The van der Waals surface area contributed by atoms with Gasteiger partial charge in [-0.15, -0.1) is 0 Å². The number of carbonyl (C=O) groups is 2. The van der Waals surface area contributed by atoms with E-state index < -0.39 is 5.97 Å². The molecule has 0 aromatic heterocycles.